The van der Waals surface area contributed by atoms with Crippen molar-refractivity contribution in [2.24, 2.45) is 0 Å². The number of hydrogen-bond acceptors (Lipinski definition) is 2. The van der Waals surface area contributed by atoms with E-state index in [-0.39, 0.29) is 11.3 Å². The van der Waals surface area contributed by atoms with Crippen molar-refractivity contribution in [2.45, 2.75) is 30.9 Å². The third kappa shape index (κ3) is 6.23. The summed E-state index contributed by atoms with van der Waals surface area (Å²) < 4.78 is 40.1. The number of amides is 1. The number of nitrogens with zero attached hydrogens (tertiary/aromatic N) is 1. The molecule has 1 saturated heterocycles. The second-order valence-electron chi connectivity index (χ2n) is 9.20. The van der Waals surface area contributed by atoms with E-state index in [1.165, 1.54) is 6.07 Å². The lowest BCUT2D eigenvalue weighted by atomic mass is 9.72. The lowest BCUT2D eigenvalue weighted by molar-refractivity contribution is -0.138. The van der Waals surface area contributed by atoms with Gasteiger partial charge in [0, 0.05) is 23.5 Å². The average Bonchev–Trinajstić information content (AvgIpc) is 2.87. The van der Waals surface area contributed by atoms with Gasteiger partial charge in [0.1, 0.15) is 0 Å². The van der Waals surface area contributed by atoms with Gasteiger partial charge in [-0.25, -0.2) is 0 Å². The van der Waals surface area contributed by atoms with Gasteiger partial charge in [0.2, 0.25) is 0 Å². The Labute approximate surface area is 219 Å². The molecule has 0 atom stereocenters. The van der Waals surface area contributed by atoms with E-state index in [1.807, 2.05) is 24.3 Å². The highest BCUT2D eigenvalue weighted by molar-refractivity contribution is 6.33. The largest absolute Gasteiger partial charge is 0.416 e. The standard InChI is InChI=1S/C28H27Cl2F3N2O/c29-22-11-9-21(10-12-22)27(19-34-26(36)23-6-2-4-8-25(23)30)14-17-35(18-15-27)16-13-20-5-1-3-7-24(20)28(31,32)33/h1-12H,13-19H2,(H,34,36). The summed E-state index contributed by atoms with van der Waals surface area (Å²) >= 11 is 12.3. The number of nitrogens with one attached hydrogen (secondary N) is 1. The van der Waals surface area contributed by atoms with E-state index in [4.69, 9.17) is 23.2 Å². The predicted octanol–water partition coefficient (Wildman–Crippen LogP) is 7.02. The summed E-state index contributed by atoms with van der Waals surface area (Å²) in [4.78, 5) is 15.0. The molecule has 0 aliphatic carbocycles. The molecule has 1 aliphatic heterocycles. The predicted molar refractivity (Wildman–Crippen MR) is 138 cm³/mol. The zero-order valence-electron chi connectivity index (χ0n) is 19.6. The van der Waals surface area contributed by atoms with Crippen molar-refractivity contribution in [3.05, 3.63) is 105 Å². The number of carbonyl (C=O) groups excluding carboxylic acids is 1. The van der Waals surface area contributed by atoms with Crippen LogP contribution < -0.4 is 5.32 Å². The molecular formula is C28H27Cl2F3N2O. The summed E-state index contributed by atoms with van der Waals surface area (Å²) in [6.45, 7) is 2.37. The van der Waals surface area contributed by atoms with Crippen molar-refractivity contribution < 1.29 is 18.0 Å². The summed E-state index contributed by atoms with van der Waals surface area (Å²) in [5.74, 6) is -0.236. The second-order valence-corrected chi connectivity index (χ2v) is 10.0. The van der Waals surface area contributed by atoms with Crippen LogP contribution in [0.5, 0.6) is 0 Å². The maximum Gasteiger partial charge on any atom is 0.416 e. The van der Waals surface area contributed by atoms with Crippen LogP contribution in [0.1, 0.15) is 39.9 Å². The minimum Gasteiger partial charge on any atom is -0.351 e. The molecule has 0 bridgehead atoms. The summed E-state index contributed by atoms with van der Waals surface area (Å²) in [6.07, 6.45) is -2.54. The van der Waals surface area contributed by atoms with Gasteiger partial charge in [-0.2, -0.15) is 13.2 Å². The third-order valence-corrected chi connectivity index (χ3v) is 7.58. The Bertz CT molecular complexity index is 1190. The van der Waals surface area contributed by atoms with Crippen LogP contribution in [0.4, 0.5) is 13.2 Å². The highest BCUT2D eigenvalue weighted by Crippen LogP contribution is 2.37. The second kappa shape index (κ2) is 11.2. The fraction of sp³-hybridized carbons (Fsp3) is 0.321. The molecule has 0 radical (unpaired) electrons. The molecule has 1 fully saturated rings. The number of benzene rings is 3. The summed E-state index contributed by atoms with van der Waals surface area (Å²) in [5.41, 5.74) is 0.924. The van der Waals surface area contributed by atoms with E-state index >= 15 is 0 Å². The van der Waals surface area contributed by atoms with Crippen molar-refractivity contribution in [3.8, 4) is 0 Å². The molecule has 0 spiro atoms. The number of carbonyl (C=O) groups is 1. The molecule has 36 heavy (non-hydrogen) atoms. The van der Waals surface area contributed by atoms with Gasteiger partial charge >= 0.3 is 6.18 Å². The maximum atomic E-state index is 13.4. The number of likely N-dealkylation sites (tertiary alicyclic amines) is 1. The Hall–Kier alpha value is -2.54. The van der Waals surface area contributed by atoms with E-state index in [1.54, 1.807) is 36.4 Å². The lowest BCUT2D eigenvalue weighted by Gasteiger charge is -2.42. The van der Waals surface area contributed by atoms with Gasteiger partial charge in [-0.15, -0.1) is 0 Å². The summed E-state index contributed by atoms with van der Waals surface area (Å²) in [5, 5.41) is 4.09. The van der Waals surface area contributed by atoms with Crippen LogP contribution in [0.25, 0.3) is 0 Å². The maximum absolute atomic E-state index is 13.4. The molecule has 0 unspecified atom stereocenters. The van der Waals surface area contributed by atoms with E-state index in [2.05, 4.69) is 10.2 Å². The fourth-order valence-corrected chi connectivity index (χ4v) is 5.21. The van der Waals surface area contributed by atoms with Crippen molar-refractivity contribution in [3.63, 3.8) is 0 Å². The Morgan fingerprint density at radius 2 is 1.56 bits per heavy atom. The Morgan fingerprint density at radius 1 is 0.917 bits per heavy atom. The molecule has 190 valence electrons. The first-order valence-electron chi connectivity index (χ1n) is 11.8. The highest BCUT2D eigenvalue weighted by atomic mass is 35.5. The van der Waals surface area contributed by atoms with Crippen molar-refractivity contribution in [2.75, 3.05) is 26.2 Å². The molecule has 0 saturated carbocycles. The van der Waals surface area contributed by atoms with Crippen LogP contribution in [0, 0.1) is 0 Å². The molecule has 3 aromatic rings. The van der Waals surface area contributed by atoms with Crippen LogP contribution in [0.15, 0.2) is 72.8 Å². The highest BCUT2D eigenvalue weighted by Gasteiger charge is 2.37. The lowest BCUT2D eigenvalue weighted by Crippen LogP contribution is -2.49. The minimum atomic E-state index is -4.36. The molecule has 1 N–H and O–H groups in total. The van der Waals surface area contributed by atoms with Crippen LogP contribution in [-0.4, -0.2) is 37.0 Å². The van der Waals surface area contributed by atoms with Gasteiger partial charge in [-0.3, -0.25) is 4.79 Å². The van der Waals surface area contributed by atoms with E-state index in [0.29, 0.717) is 53.8 Å². The van der Waals surface area contributed by atoms with Crippen LogP contribution >= 0.6 is 23.2 Å². The monoisotopic (exact) mass is 534 g/mol. The summed E-state index contributed by atoms with van der Waals surface area (Å²) in [6, 6.07) is 20.3. The van der Waals surface area contributed by atoms with E-state index < -0.39 is 11.7 Å². The zero-order chi connectivity index (χ0) is 25.8. The molecule has 1 aliphatic rings. The SMILES string of the molecule is O=C(NCC1(c2ccc(Cl)cc2)CCN(CCc2ccccc2C(F)(F)F)CC1)c1ccccc1Cl. The fourth-order valence-electron chi connectivity index (χ4n) is 4.86. The Balaban J connectivity index is 1.45. The van der Waals surface area contributed by atoms with Crippen molar-refractivity contribution in [1.82, 2.24) is 10.2 Å². The van der Waals surface area contributed by atoms with Crippen molar-refractivity contribution >= 4 is 29.1 Å². The van der Waals surface area contributed by atoms with Crippen LogP contribution in [0.2, 0.25) is 10.0 Å². The molecule has 1 heterocycles. The molecule has 3 aromatic carbocycles. The minimum absolute atomic E-state index is 0.236. The normalized spacial score (nSPS) is 16.0. The first-order valence-corrected chi connectivity index (χ1v) is 12.6. The van der Waals surface area contributed by atoms with Gasteiger partial charge in [-0.05, 0) is 73.8 Å². The molecule has 1 amide bonds. The smallest absolute Gasteiger partial charge is 0.351 e. The number of rotatable bonds is 7. The number of piperidine rings is 1. The van der Waals surface area contributed by atoms with Gasteiger partial charge in [-0.1, -0.05) is 65.7 Å². The molecule has 0 aromatic heterocycles. The van der Waals surface area contributed by atoms with Crippen molar-refractivity contribution in [1.29, 1.82) is 0 Å². The van der Waals surface area contributed by atoms with Gasteiger partial charge < -0.3 is 10.2 Å². The Morgan fingerprint density at radius 3 is 2.22 bits per heavy atom. The summed E-state index contributed by atoms with van der Waals surface area (Å²) in [7, 11) is 0. The first-order chi connectivity index (χ1) is 17.2. The molecule has 3 nitrogen and oxygen atoms in total. The third-order valence-electron chi connectivity index (χ3n) is 7.00. The van der Waals surface area contributed by atoms with Gasteiger partial charge in [0.05, 0.1) is 16.1 Å². The molecule has 8 heteroatoms. The quantitative estimate of drug-likeness (QED) is 0.353. The van der Waals surface area contributed by atoms with Gasteiger partial charge in [0.15, 0.2) is 0 Å². The van der Waals surface area contributed by atoms with Gasteiger partial charge in [0.25, 0.3) is 5.91 Å². The van der Waals surface area contributed by atoms with Crippen LogP contribution in [0.3, 0.4) is 0 Å². The number of halogens is 5. The number of hydrogen-bond donors (Lipinski definition) is 1. The molecular weight excluding hydrogens is 508 g/mol. The van der Waals surface area contributed by atoms with E-state index in [9.17, 15) is 18.0 Å². The average molecular weight is 535 g/mol. The number of alkyl halides is 3. The van der Waals surface area contributed by atoms with E-state index in [0.717, 1.165) is 24.5 Å². The molecule has 4 rings (SSSR count). The Kier molecular flexibility index (Phi) is 8.28. The first kappa shape index (κ1) is 26.5. The zero-order valence-corrected chi connectivity index (χ0v) is 21.1. The van der Waals surface area contributed by atoms with Crippen LogP contribution in [-0.2, 0) is 18.0 Å². The topological polar surface area (TPSA) is 32.3 Å².